The summed E-state index contributed by atoms with van der Waals surface area (Å²) in [5, 5.41) is 8.75. The van der Waals surface area contributed by atoms with Crippen LogP contribution in [0, 0.1) is 6.92 Å². The Morgan fingerprint density at radius 2 is 2.36 bits per heavy atom. The average Bonchev–Trinajstić information content (AvgIpc) is 2.97. The lowest BCUT2D eigenvalue weighted by atomic mass is 10.1. The van der Waals surface area contributed by atoms with Gasteiger partial charge < -0.3 is 15.4 Å². The van der Waals surface area contributed by atoms with Gasteiger partial charge in [0.2, 0.25) is 5.91 Å². The molecule has 0 bridgehead atoms. The first-order valence-electron chi connectivity index (χ1n) is 7.35. The van der Waals surface area contributed by atoms with Crippen LogP contribution in [-0.2, 0) is 9.53 Å². The van der Waals surface area contributed by atoms with Gasteiger partial charge in [-0.15, -0.1) is 11.3 Å². The van der Waals surface area contributed by atoms with E-state index in [1.807, 2.05) is 23.6 Å². The van der Waals surface area contributed by atoms with Crippen LogP contribution in [0.4, 0.5) is 5.13 Å². The van der Waals surface area contributed by atoms with Crippen LogP contribution in [0.5, 0.6) is 0 Å². The Labute approximate surface area is 133 Å². The molecule has 6 heteroatoms. The highest BCUT2D eigenvalue weighted by molar-refractivity contribution is 7.14. The maximum atomic E-state index is 12.1. The zero-order valence-electron chi connectivity index (χ0n) is 12.5. The fourth-order valence-electron chi connectivity index (χ4n) is 2.46. The summed E-state index contributed by atoms with van der Waals surface area (Å²) < 4.78 is 5.35. The molecule has 1 aromatic heterocycles. The van der Waals surface area contributed by atoms with Gasteiger partial charge in [-0.05, 0) is 12.5 Å². The highest BCUT2D eigenvalue weighted by Gasteiger charge is 2.17. The molecular formula is C16H19N3O2S. The zero-order chi connectivity index (χ0) is 15.4. The van der Waals surface area contributed by atoms with Crippen molar-refractivity contribution >= 4 is 22.4 Å². The van der Waals surface area contributed by atoms with Crippen LogP contribution in [0.25, 0.3) is 11.3 Å². The molecule has 3 rings (SSSR count). The Hall–Kier alpha value is -1.76. The quantitative estimate of drug-likeness (QED) is 0.909. The third-order valence-electron chi connectivity index (χ3n) is 3.60. The molecule has 116 valence electrons. The molecule has 1 unspecified atom stereocenters. The maximum absolute atomic E-state index is 12.1. The summed E-state index contributed by atoms with van der Waals surface area (Å²) in [6.45, 7) is 4.15. The second-order valence-electron chi connectivity index (χ2n) is 5.33. The van der Waals surface area contributed by atoms with Gasteiger partial charge in [-0.25, -0.2) is 4.98 Å². The smallest absolute Gasteiger partial charge is 0.227 e. The van der Waals surface area contributed by atoms with Gasteiger partial charge in [0.25, 0.3) is 0 Å². The van der Waals surface area contributed by atoms with Gasteiger partial charge in [0.1, 0.15) is 0 Å². The molecule has 5 nitrogen and oxygen atoms in total. The van der Waals surface area contributed by atoms with E-state index in [4.69, 9.17) is 4.74 Å². The zero-order valence-corrected chi connectivity index (χ0v) is 13.3. The Bertz CT molecular complexity index is 650. The number of aromatic nitrogens is 1. The lowest BCUT2D eigenvalue weighted by Gasteiger charge is -2.22. The number of amides is 1. The Morgan fingerprint density at radius 1 is 1.50 bits per heavy atom. The Morgan fingerprint density at radius 3 is 3.14 bits per heavy atom. The van der Waals surface area contributed by atoms with E-state index in [0.29, 0.717) is 24.8 Å². The molecule has 1 fully saturated rings. The van der Waals surface area contributed by atoms with Crippen molar-refractivity contribution in [2.24, 2.45) is 0 Å². The van der Waals surface area contributed by atoms with Gasteiger partial charge in [-0.3, -0.25) is 4.79 Å². The summed E-state index contributed by atoms with van der Waals surface area (Å²) in [5.74, 6) is -0.0336. The summed E-state index contributed by atoms with van der Waals surface area (Å²) in [4.78, 5) is 16.6. The molecule has 1 amide bonds. The van der Waals surface area contributed by atoms with E-state index in [0.717, 1.165) is 17.8 Å². The highest BCUT2D eigenvalue weighted by Crippen LogP contribution is 2.27. The van der Waals surface area contributed by atoms with E-state index >= 15 is 0 Å². The second kappa shape index (κ2) is 7.00. The van der Waals surface area contributed by atoms with Crippen LogP contribution in [0.3, 0.4) is 0 Å². The fraction of sp³-hybridized carbons (Fsp3) is 0.375. The van der Waals surface area contributed by atoms with Crippen molar-refractivity contribution in [1.82, 2.24) is 10.3 Å². The number of nitrogens with zero attached hydrogens (tertiary/aromatic N) is 1. The molecule has 0 saturated carbocycles. The van der Waals surface area contributed by atoms with E-state index < -0.39 is 0 Å². The first-order chi connectivity index (χ1) is 10.7. The number of nitrogens with one attached hydrogen (secondary N) is 2. The lowest BCUT2D eigenvalue weighted by Crippen LogP contribution is -2.43. The van der Waals surface area contributed by atoms with Crippen molar-refractivity contribution in [1.29, 1.82) is 0 Å². The average molecular weight is 317 g/mol. The number of morpholine rings is 1. The van der Waals surface area contributed by atoms with Crippen molar-refractivity contribution < 1.29 is 9.53 Å². The van der Waals surface area contributed by atoms with Crippen molar-refractivity contribution in [3.63, 3.8) is 0 Å². The predicted octanol–water partition coefficient (Wildman–Crippen LogP) is 2.44. The van der Waals surface area contributed by atoms with E-state index in [9.17, 15) is 4.79 Å². The molecule has 2 aromatic rings. The molecule has 1 aliphatic rings. The normalized spacial score (nSPS) is 18.1. The van der Waals surface area contributed by atoms with Crippen LogP contribution in [0.2, 0.25) is 0 Å². The number of ether oxygens (including phenoxy) is 1. The lowest BCUT2D eigenvalue weighted by molar-refractivity contribution is -0.117. The highest BCUT2D eigenvalue weighted by atomic mass is 32.1. The van der Waals surface area contributed by atoms with Gasteiger partial charge >= 0.3 is 0 Å². The predicted molar refractivity (Wildman–Crippen MR) is 88.1 cm³/mol. The third kappa shape index (κ3) is 3.71. The Kier molecular flexibility index (Phi) is 4.82. The van der Waals surface area contributed by atoms with Crippen LogP contribution in [0.1, 0.15) is 12.0 Å². The minimum Gasteiger partial charge on any atom is -0.378 e. The molecule has 0 spiro atoms. The maximum Gasteiger partial charge on any atom is 0.227 e. The molecule has 0 aliphatic carbocycles. The summed E-state index contributed by atoms with van der Waals surface area (Å²) in [6.07, 6.45) is 0.402. The monoisotopic (exact) mass is 317 g/mol. The number of thiazole rings is 1. The largest absolute Gasteiger partial charge is 0.378 e. The van der Waals surface area contributed by atoms with E-state index in [1.165, 1.54) is 16.9 Å². The van der Waals surface area contributed by atoms with E-state index in [-0.39, 0.29) is 11.9 Å². The number of hydrogen-bond donors (Lipinski definition) is 2. The van der Waals surface area contributed by atoms with Crippen LogP contribution in [0.15, 0.2) is 29.6 Å². The van der Waals surface area contributed by atoms with Gasteiger partial charge in [-0.2, -0.15) is 0 Å². The molecule has 1 saturated heterocycles. The third-order valence-corrected chi connectivity index (χ3v) is 4.36. The second-order valence-corrected chi connectivity index (χ2v) is 6.19. The van der Waals surface area contributed by atoms with Crippen molar-refractivity contribution in [3.8, 4) is 11.3 Å². The van der Waals surface area contributed by atoms with Crippen LogP contribution < -0.4 is 10.6 Å². The minimum absolute atomic E-state index is 0.0336. The van der Waals surface area contributed by atoms with Crippen LogP contribution >= 0.6 is 11.3 Å². The van der Waals surface area contributed by atoms with E-state index in [2.05, 4.69) is 28.6 Å². The standard InChI is InChI=1S/C16H19N3O2S/c1-11-4-2-3-5-13(11)14-10-22-16(18-14)19-15(20)8-12-9-21-7-6-17-12/h2-5,10,12,17H,6-9H2,1H3,(H,18,19,20). The summed E-state index contributed by atoms with van der Waals surface area (Å²) in [5.41, 5.74) is 3.17. The van der Waals surface area contributed by atoms with E-state index in [1.54, 1.807) is 0 Å². The number of anilines is 1. The molecule has 2 N–H and O–H groups in total. The van der Waals surface area contributed by atoms with Crippen molar-refractivity contribution in [2.75, 3.05) is 25.1 Å². The number of aryl methyl sites for hydroxylation is 1. The molecule has 0 radical (unpaired) electrons. The van der Waals surface area contributed by atoms with Gasteiger partial charge in [0.05, 0.1) is 18.9 Å². The number of hydrogen-bond acceptors (Lipinski definition) is 5. The molecule has 1 aliphatic heterocycles. The van der Waals surface area contributed by atoms with Crippen LogP contribution in [-0.4, -0.2) is 36.7 Å². The molecule has 1 aromatic carbocycles. The van der Waals surface area contributed by atoms with Gasteiger partial charge in [0, 0.05) is 30.0 Å². The number of benzene rings is 1. The topological polar surface area (TPSA) is 63.2 Å². The number of carbonyl (C=O) groups excluding carboxylic acids is 1. The summed E-state index contributed by atoms with van der Waals surface area (Å²) in [7, 11) is 0. The van der Waals surface area contributed by atoms with Gasteiger partial charge in [-0.1, -0.05) is 24.3 Å². The van der Waals surface area contributed by atoms with Crippen molar-refractivity contribution in [3.05, 3.63) is 35.2 Å². The van der Waals surface area contributed by atoms with Gasteiger partial charge in [0.15, 0.2) is 5.13 Å². The number of carbonyl (C=O) groups is 1. The summed E-state index contributed by atoms with van der Waals surface area (Å²) >= 11 is 1.45. The minimum atomic E-state index is -0.0336. The SMILES string of the molecule is Cc1ccccc1-c1csc(NC(=O)CC2COCCN2)n1. The molecule has 1 atom stereocenters. The Balaban J connectivity index is 1.62. The molecular weight excluding hydrogens is 298 g/mol. The first kappa shape index (κ1) is 15.1. The molecule has 2 heterocycles. The number of rotatable bonds is 4. The fourth-order valence-corrected chi connectivity index (χ4v) is 3.19. The first-order valence-corrected chi connectivity index (χ1v) is 8.23. The molecule has 22 heavy (non-hydrogen) atoms. The summed E-state index contributed by atoms with van der Waals surface area (Å²) in [6, 6.07) is 8.19. The van der Waals surface area contributed by atoms with Crippen molar-refractivity contribution in [2.45, 2.75) is 19.4 Å².